The third-order valence-electron chi connectivity index (χ3n) is 5.48. The van der Waals surface area contributed by atoms with E-state index in [1.54, 1.807) is 0 Å². The Balaban J connectivity index is 2.56. The van der Waals surface area contributed by atoms with Gasteiger partial charge in [0.05, 0.1) is 0 Å². The normalized spacial score (nSPS) is 18.7. The average molecular weight is 391 g/mol. The Labute approximate surface area is 159 Å². The molecule has 0 amide bonds. The summed E-state index contributed by atoms with van der Waals surface area (Å²) in [5.41, 5.74) is 0. The molecule has 5 nitrogen and oxygen atoms in total. The number of halogens is 1. The number of hydrogen-bond acceptors (Lipinski definition) is 3. The van der Waals surface area contributed by atoms with Gasteiger partial charge in [-0.3, -0.25) is 4.57 Å². The van der Waals surface area contributed by atoms with Crippen molar-refractivity contribution in [2.75, 3.05) is 52.4 Å². The lowest BCUT2D eigenvalue weighted by molar-refractivity contribution is 0.267. The first-order valence-corrected chi connectivity index (χ1v) is 12.0. The summed E-state index contributed by atoms with van der Waals surface area (Å²) in [7, 11) is -2.96. The monoisotopic (exact) mass is 390 g/mol. The van der Waals surface area contributed by atoms with Gasteiger partial charge in [-0.25, -0.2) is 9.34 Å². The van der Waals surface area contributed by atoms with Crippen LogP contribution >= 0.6 is 19.0 Å². The largest absolute Gasteiger partial charge is 0.357 e. The first-order chi connectivity index (χ1) is 12.0. The molecule has 0 aromatic heterocycles. The van der Waals surface area contributed by atoms with Gasteiger partial charge in [0.25, 0.3) is 7.44 Å². The summed E-state index contributed by atoms with van der Waals surface area (Å²) in [6.45, 7) is 15.4. The maximum Gasteiger partial charge on any atom is 0.260 e. The van der Waals surface area contributed by atoms with Crippen LogP contribution in [-0.2, 0) is 4.57 Å². The van der Waals surface area contributed by atoms with Crippen LogP contribution in [0.3, 0.4) is 0 Å². The van der Waals surface area contributed by atoms with Crippen molar-refractivity contribution in [1.82, 2.24) is 19.1 Å². The van der Waals surface area contributed by atoms with Crippen LogP contribution in [0.25, 0.3) is 0 Å². The highest BCUT2D eigenvalue weighted by atomic mass is 35.5. The molecular formula is C18H36ClN4OP. The van der Waals surface area contributed by atoms with Crippen LogP contribution in [0.4, 0.5) is 0 Å². The molecule has 0 atom stereocenters. The van der Waals surface area contributed by atoms with E-state index in [1.165, 1.54) is 25.7 Å². The highest BCUT2D eigenvalue weighted by molar-refractivity contribution is 7.65. The van der Waals surface area contributed by atoms with Crippen LogP contribution in [0.15, 0.2) is 10.6 Å². The molecule has 0 aliphatic carbocycles. The highest BCUT2D eigenvalue weighted by Crippen LogP contribution is 2.63. The van der Waals surface area contributed by atoms with E-state index >= 15 is 0 Å². The molecule has 0 radical (unpaired) electrons. The van der Waals surface area contributed by atoms with Crippen molar-refractivity contribution in [3.05, 3.63) is 10.6 Å². The van der Waals surface area contributed by atoms with Gasteiger partial charge in [-0.1, -0.05) is 39.3 Å². The standard InChI is InChI=1S/C18H36ClN4OP/c1-5-22(6-2)25(24,23(7-3)8-4)17(19)18(20-13-9-10-14-20)21-15-11-12-16-21/h5-16H2,1-4H3. The lowest BCUT2D eigenvalue weighted by Gasteiger charge is -2.40. The van der Waals surface area contributed by atoms with Crippen molar-refractivity contribution in [2.24, 2.45) is 0 Å². The molecular weight excluding hydrogens is 355 g/mol. The van der Waals surface area contributed by atoms with Crippen molar-refractivity contribution in [3.8, 4) is 0 Å². The summed E-state index contributed by atoms with van der Waals surface area (Å²) in [4.78, 5) is 4.76. The molecule has 146 valence electrons. The highest BCUT2D eigenvalue weighted by Gasteiger charge is 2.42. The predicted molar refractivity (Wildman–Crippen MR) is 108 cm³/mol. The molecule has 7 heteroatoms. The molecule has 0 spiro atoms. The van der Waals surface area contributed by atoms with Gasteiger partial charge in [-0.15, -0.1) is 0 Å². The number of likely N-dealkylation sites (tertiary alicyclic amines) is 2. The Morgan fingerprint density at radius 1 is 0.800 bits per heavy atom. The van der Waals surface area contributed by atoms with E-state index in [-0.39, 0.29) is 0 Å². The predicted octanol–water partition coefficient (Wildman–Crippen LogP) is 4.42. The third kappa shape index (κ3) is 4.21. The maximum absolute atomic E-state index is 14.4. The summed E-state index contributed by atoms with van der Waals surface area (Å²) < 4.78 is 19.1. The zero-order chi connectivity index (χ0) is 18.4. The van der Waals surface area contributed by atoms with E-state index in [1.807, 2.05) is 0 Å². The Kier molecular flexibility index (Phi) is 8.13. The molecule has 2 fully saturated rings. The fourth-order valence-electron chi connectivity index (χ4n) is 4.09. The molecule has 2 rings (SSSR count). The molecule has 2 heterocycles. The second kappa shape index (κ2) is 9.64. The van der Waals surface area contributed by atoms with Crippen molar-refractivity contribution < 1.29 is 4.57 Å². The molecule has 0 unspecified atom stereocenters. The van der Waals surface area contributed by atoms with Gasteiger partial charge < -0.3 is 9.80 Å². The summed E-state index contributed by atoms with van der Waals surface area (Å²) in [5.74, 6) is 1.05. The van der Waals surface area contributed by atoms with Crippen LogP contribution in [0.5, 0.6) is 0 Å². The van der Waals surface area contributed by atoms with E-state index < -0.39 is 7.44 Å². The summed E-state index contributed by atoms with van der Waals surface area (Å²) in [6, 6.07) is 0. The lowest BCUT2D eigenvalue weighted by Crippen LogP contribution is -2.37. The first-order valence-electron chi connectivity index (χ1n) is 10.1. The Morgan fingerprint density at radius 3 is 1.40 bits per heavy atom. The molecule has 0 N–H and O–H groups in total. The van der Waals surface area contributed by atoms with Crippen molar-refractivity contribution in [3.63, 3.8) is 0 Å². The smallest absolute Gasteiger partial charge is 0.260 e. The summed E-state index contributed by atoms with van der Waals surface area (Å²) in [5, 5.41) is 0. The minimum Gasteiger partial charge on any atom is -0.357 e. The SMILES string of the molecule is CCN(CC)P(=O)(C(Cl)=C(N1CCCC1)N1CCCC1)N(CC)CC. The Bertz CT molecular complexity index is 459. The van der Waals surface area contributed by atoms with Crippen molar-refractivity contribution >= 4 is 19.0 Å². The molecule has 2 saturated heterocycles. The second-order valence-corrected chi connectivity index (χ2v) is 10.1. The fraction of sp³-hybridized carbons (Fsp3) is 0.889. The average Bonchev–Trinajstić information content (AvgIpc) is 3.31. The van der Waals surface area contributed by atoms with Gasteiger partial charge in [0, 0.05) is 52.4 Å². The van der Waals surface area contributed by atoms with Crippen LogP contribution in [-0.4, -0.2) is 71.5 Å². The van der Waals surface area contributed by atoms with Gasteiger partial charge in [0.1, 0.15) is 10.6 Å². The molecule has 0 bridgehead atoms. The minimum absolute atomic E-state index is 0.587. The quantitative estimate of drug-likeness (QED) is 0.544. The summed E-state index contributed by atoms with van der Waals surface area (Å²) in [6.07, 6.45) is 4.79. The van der Waals surface area contributed by atoms with Gasteiger partial charge in [0.2, 0.25) is 0 Å². The van der Waals surface area contributed by atoms with Crippen LogP contribution in [0.1, 0.15) is 53.4 Å². The van der Waals surface area contributed by atoms with Crippen LogP contribution in [0.2, 0.25) is 0 Å². The Morgan fingerprint density at radius 2 is 1.12 bits per heavy atom. The molecule has 0 aromatic rings. The van der Waals surface area contributed by atoms with E-state index in [0.29, 0.717) is 4.77 Å². The zero-order valence-corrected chi connectivity index (χ0v) is 18.2. The topological polar surface area (TPSA) is 30.0 Å². The van der Waals surface area contributed by atoms with E-state index in [4.69, 9.17) is 11.6 Å². The third-order valence-corrected chi connectivity index (χ3v) is 9.68. The van der Waals surface area contributed by atoms with Crippen LogP contribution in [0, 0.1) is 0 Å². The summed E-state index contributed by atoms with van der Waals surface area (Å²) >= 11 is 7.07. The second-order valence-electron chi connectivity index (χ2n) is 6.82. The maximum atomic E-state index is 14.4. The van der Waals surface area contributed by atoms with Gasteiger partial charge in [-0.05, 0) is 25.7 Å². The number of rotatable bonds is 9. The molecule has 2 aliphatic rings. The lowest BCUT2D eigenvalue weighted by atomic mass is 10.4. The van der Waals surface area contributed by atoms with Gasteiger partial charge in [0.15, 0.2) is 0 Å². The molecule has 0 aromatic carbocycles. The minimum atomic E-state index is -2.96. The van der Waals surface area contributed by atoms with E-state index in [9.17, 15) is 4.57 Å². The number of hydrogen-bond donors (Lipinski definition) is 0. The van der Waals surface area contributed by atoms with E-state index in [0.717, 1.165) is 58.2 Å². The van der Waals surface area contributed by atoms with E-state index in [2.05, 4.69) is 46.8 Å². The van der Waals surface area contributed by atoms with Gasteiger partial charge in [-0.2, -0.15) is 0 Å². The van der Waals surface area contributed by atoms with Crippen LogP contribution < -0.4 is 0 Å². The van der Waals surface area contributed by atoms with Crippen molar-refractivity contribution in [2.45, 2.75) is 53.4 Å². The fourth-order valence-corrected chi connectivity index (χ4v) is 7.90. The zero-order valence-electron chi connectivity index (χ0n) is 16.5. The Hall–Kier alpha value is -0.220. The first kappa shape index (κ1) is 21.1. The van der Waals surface area contributed by atoms with Gasteiger partial charge >= 0.3 is 0 Å². The molecule has 25 heavy (non-hydrogen) atoms. The molecule has 0 saturated carbocycles. The molecule has 2 aliphatic heterocycles. The van der Waals surface area contributed by atoms with Crippen molar-refractivity contribution in [1.29, 1.82) is 0 Å². The number of nitrogens with zero attached hydrogens (tertiary/aromatic N) is 4.